The molecule has 0 saturated carbocycles. The number of amides is 2. The number of nitrogens with zero attached hydrogens (tertiary/aromatic N) is 1. The van der Waals surface area contributed by atoms with E-state index in [2.05, 4.69) is 21.2 Å². The number of anilines is 1. The predicted octanol–water partition coefficient (Wildman–Crippen LogP) is 4.69. The van der Waals surface area contributed by atoms with Crippen molar-refractivity contribution in [2.75, 3.05) is 4.90 Å². The van der Waals surface area contributed by atoms with Crippen molar-refractivity contribution in [3.8, 4) is 0 Å². The average Bonchev–Trinajstić information content (AvgIpc) is 2.68. The Morgan fingerprint density at radius 3 is 2.47 bits per heavy atom. The molecule has 1 fully saturated rings. The standard InChI is InChI=1S/C20H9BrCl2N2O4S/c21-15-7-11(23)6-13-16(26)9(8-29-17(13)15)5-14-18(27)24-20(30)25(19(14)28)12-3-1-10(22)2-4-12/h1-8H,(H,24,27,30)/b14-5+. The van der Waals surface area contributed by atoms with Crippen molar-refractivity contribution in [2.45, 2.75) is 0 Å². The van der Waals surface area contributed by atoms with Crippen LogP contribution in [0.5, 0.6) is 0 Å². The van der Waals surface area contributed by atoms with Crippen LogP contribution in [0.15, 0.2) is 61.9 Å². The van der Waals surface area contributed by atoms with Gasteiger partial charge in [-0.05, 0) is 70.6 Å². The molecule has 0 radical (unpaired) electrons. The van der Waals surface area contributed by atoms with Gasteiger partial charge in [-0.25, -0.2) is 0 Å². The van der Waals surface area contributed by atoms with Gasteiger partial charge in [0.05, 0.1) is 21.1 Å². The third-order valence-corrected chi connectivity index (χ3v) is 5.65. The van der Waals surface area contributed by atoms with Crippen LogP contribution in [-0.2, 0) is 9.59 Å². The molecule has 1 aliphatic rings. The number of carbonyl (C=O) groups is 2. The first kappa shape index (κ1) is 20.7. The predicted molar refractivity (Wildman–Crippen MR) is 123 cm³/mol. The largest absolute Gasteiger partial charge is 0.462 e. The van der Waals surface area contributed by atoms with Crippen LogP contribution in [0.1, 0.15) is 5.56 Å². The Hall–Kier alpha value is -2.52. The Bertz CT molecular complexity index is 1340. The zero-order chi connectivity index (χ0) is 21.6. The molecule has 0 bridgehead atoms. The van der Waals surface area contributed by atoms with Gasteiger partial charge in [-0.3, -0.25) is 24.6 Å². The Morgan fingerprint density at radius 2 is 1.77 bits per heavy atom. The van der Waals surface area contributed by atoms with E-state index in [4.69, 9.17) is 39.8 Å². The van der Waals surface area contributed by atoms with Gasteiger partial charge in [0.15, 0.2) is 16.1 Å². The lowest BCUT2D eigenvalue weighted by Crippen LogP contribution is -2.54. The summed E-state index contributed by atoms with van der Waals surface area (Å²) in [5, 5.41) is 3.39. The molecule has 0 atom stereocenters. The number of hydrogen-bond donors (Lipinski definition) is 1. The van der Waals surface area contributed by atoms with Gasteiger partial charge >= 0.3 is 0 Å². The fourth-order valence-corrected chi connectivity index (χ4v) is 4.23. The lowest BCUT2D eigenvalue weighted by atomic mass is 10.1. The molecule has 2 aromatic carbocycles. The van der Waals surface area contributed by atoms with Crippen LogP contribution in [0.3, 0.4) is 0 Å². The SMILES string of the molecule is O=C1NC(=S)N(c2ccc(Cl)cc2)C(=O)/C1=C/c1coc2c(Br)cc(Cl)cc2c1=O. The van der Waals surface area contributed by atoms with E-state index in [1.807, 2.05) is 0 Å². The van der Waals surface area contributed by atoms with E-state index in [-0.39, 0.29) is 21.6 Å². The summed E-state index contributed by atoms with van der Waals surface area (Å²) < 4.78 is 6.03. The van der Waals surface area contributed by atoms with E-state index in [0.29, 0.717) is 25.8 Å². The minimum absolute atomic E-state index is 0.0130. The molecule has 3 aromatic rings. The highest BCUT2D eigenvalue weighted by molar-refractivity contribution is 9.10. The van der Waals surface area contributed by atoms with Gasteiger partial charge in [-0.1, -0.05) is 23.2 Å². The fraction of sp³-hybridized carbons (Fsp3) is 0. The molecular formula is C20H9BrCl2N2O4S. The number of thiocarbonyl (C=S) groups is 1. The molecule has 4 rings (SSSR count). The maximum absolute atomic E-state index is 13.0. The molecule has 0 spiro atoms. The van der Waals surface area contributed by atoms with Crippen LogP contribution in [0.4, 0.5) is 5.69 Å². The van der Waals surface area contributed by atoms with Crippen LogP contribution in [0.2, 0.25) is 10.0 Å². The van der Waals surface area contributed by atoms with Crippen molar-refractivity contribution in [3.63, 3.8) is 0 Å². The van der Waals surface area contributed by atoms with Crippen LogP contribution >= 0.6 is 51.3 Å². The number of carbonyl (C=O) groups excluding carboxylic acids is 2. The first-order valence-electron chi connectivity index (χ1n) is 8.34. The quantitative estimate of drug-likeness (QED) is 0.299. The van der Waals surface area contributed by atoms with Gasteiger partial charge in [-0.2, -0.15) is 0 Å². The molecule has 1 aromatic heterocycles. The van der Waals surface area contributed by atoms with E-state index in [1.54, 1.807) is 30.3 Å². The number of nitrogens with one attached hydrogen (secondary N) is 1. The van der Waals surface area contributed by atoms with Gasteiger partial charge in [0.2, 0.25) is 0 Å². The Kier molecular flexibility index (Phi) is 5.50. The number of hydrogen-bond acceptors (Lipinski definition) is 5. The lowest BCUT2D eigenvalue weighted by Gasteiger charge is -2.28. The van der Waals surface area contributed by atoms with Crippen molar-refractivity contribution in [3.05, 3.63) is 78.5 Å². The number of halogens is 3. The van der Waals surface area contributed by atoms with E-state index >= 15 is 0 Å². The summed E-state index contributed by atoms with van der Waals surface area (Å²) in [6, 6.07) is 9.40. The molecule has 2 amide bonds. The monoisotopic (exact) mass is 522 g/mol. The molecule has 30 heavy (non-hydrogen) atoms. The highest BCUT2D eigenvalue weighted by atomic mass is 79.9. The van der Waals surface area contributed by atoms with Gasteiger partial charge in [0.1, 0.15) is 11.8 Å². The summed E-state index contributed by atoms with van der Waals surface area (Å²) >= 11 is 20.4. The zero-order valence-electron chi connectivity index (χ0n) is 14.7. The second-order valence-corrected chi connectivity index (χ2v) is 8.33. The normalized spacial score (nSPS) is 15.8. The topological polar surface area (TPSA) is 79.6 Å². The highest BCUT2D eigenvalue weighted by Gasteiger charge is 2.34. The van der Waals surface area contributed by atoms with Crippen LogP contribution in [0.25, 0.3) is 17.0 Å². The van der Waals surface area contributed by atoms with E-state index in [1.165, 1.54) is 18.4 Å². The molecule has 0 unspecified atom stereocenters. The number of fused-ring (bicyclic) bond motifs is 1. The molecule has 6 nitrogen and oxygen atoms in total. The zero-order valence-corrected chi connectivity index (χ0v) is 18.7. The molecule has 150 valence electrons. The van der Waals surface area contributed by atoms with Gasteiger partial charge in [0, 0.05) is 10.0 Å². The van der Waals surface area contributed by atoms with Crippen molar-refractivity contribution in [2.24, 2.45) is 0 Å². The van der Waals surface area contributed by atoms with Crippen LogP contribution in [-0.4, -0.2) is 16.9 Å². The molecule has 1 saturated heterocycles. The van der Waals surface area contributed by atoms with Crippen molar-refractivity contribution in [1.29, 1.82) is 0 Å². The van der Waals surface area contributed by atoms with E-state index < -0.39 is 17.2 Å². The second-order valence-electron chi connectivity index (χ2n) is 6.22. The molecule has 1 aliphatic heterocycles. The Labute approximate surface area is 193 Å². The summed E-state index contributed by atoms with van der Waals surface area (Å²) in [5.41, 5.74) is 0.0144. The molecule has 10 heteroatoms. The van der Waals surface area contributed by atoms with Crippen molar-refractivity contribution in [1.82, 2.24) is 5.32 Å². The summed E-state index contributed by atoms with van der Waals surface area (Å²) in [7, 11) is 0. The maximum Gasteiger partial charge on any atom is 0.270 e. The van der Waals surface area contributed by atoms with Gasteiger partial charge in [-0.15, -0.1) is 0 Å². The fourth-order valence-electron chi connectivity index (χ4n) is 2.92. The molecule has 2 heterocycles. The van der Waals surface area contributed by atoms with Crippen LogP contribution < -0.4 is 15.6 Å². The highest BCUT2D eigenvalue weighted by Crippen LogP contribution is 2.28. The van der Waals surface area contributed by atoms with Gasteiger partial charge in [0.25, 0.3) is 11.8 Å². The minimum Gasteiger partial charge on any atom is -0.462 e. The van der Waals surface area contributed by atoms with Crippen molar-refractivity contribution < 1.29 is 14.0 Å². The third-order valence-electron chi connectivity index (χ3n) is 4.31. The van der Waals surface area contributed by atoms with Crippen molar-refractivity contribution >= 4 is 91.0 Å². The first-order valence-corrected chi connectivity index (χ1v) is 10.3. The number of rotatable bonds is 2. The average molecular weight is 524 g/mol. The lowest BCUT2D eigenvalue weighted by molar-refractivity contribution is -0.122. The number of benzene rings is 2. The minimum atomic E-state index is -0.720. The molecule has 0 aliphatic carbocycles. The van der Waals surface area contributed by atoms with E-state index in [9.17, 15) is 14.4 Å². The summed E-state index contributed by atoms with van der Waals surface area (Å²) in [5.74, 6) is -1.40. The Balaban J connectivity index is 1.82. The molecular weight excluding hydrogens is 515 g/mol. The van der Waals surface area contributed by atoms with Crippen LogP contribution in [0, 0.1) is 0 Å². The second kappa shape index (κ2) is 7.96. The molecule has 1 N–H and O–H groups in total. The van der Waals surface area contributed by atoms with E-state index in [0.717, 1.165) is 4.90 Å². The first-order chi connectivity index (χ1) is 14.3. The summed E-state index contributed by atoms with van der Waals surface area (Å²) in [6.45, 7) is 0. The Morgan fingerprint density at radius 1 is 1.07 bits per heavy atom. The summed E-state index contributed by atoms with van der Waals surface area (Å²) in [4.78, 5) is 39.5. The van der Waals surface area contributed by atoms with Gasteiger partial charge < -0.3 is 4.42 Å². The maximum atomic E-state index is 13.0. The third kappa shape index (κ3) is 3.67. The summed E-state index contributed by atoms with van der Waals surface area (Å²) in [6.07, 6.45) is 2.35. The smallest absolute Gasteiger partial charge is 0.270 e.